The monoisotopic (exact) mass is 451 g/mol. The first-order valence-electron chi connectivity index (χ1n) is 9.51. The fourth-order valence-corrected chi connectivity index (χ4v) is 4.67. The molecule has 2 heterocycles. The van der Waals surface area contributed by atoms with E-state index in [1.54, 1.807) is 26.4 Å². The maximum atomic E-state index is 12.8. The van der Waals surface area contributed by atoms with E-state index in [4.69, 9.17) is 9.47 Å². The van der Waals surface area contributed by atoms with Crippen LogP contribution in [-0.4, -0.2) is 86.2 Å². The second kappa shape index (κ2) is 11.1. The summed E-state index contributed by atoms with van der Waals surface area (Å²) in [6, 6.07) is 7.27. The van der Waals surface area contributed by atoms with E-state index in [0.717, 1.165) is 9.47 Å². The van der Waals surface area contributed by atoms with Crippen molar-refractivity contribution in [2.45, 2.75) is 4.34 Å². The minimum Gasteiger partial charge on any atom is -0.496 e. The molecule has 0 saturated carbocycles. The highest BCUT2D eigenvalue weighted by Gasteiger charge is 2.25. The van der Waals surface area contributed by atoms with Crippen molar-refractivity contribution in [2.75, 3.05) is 64.2 Å². The number of amides is 2. The van der Waals surface area contributed by atoms with Crippen LogP contribution >= 0.6 is 23.1 Å². The van der Waals surface area contributed by atoms with E-state index in [0.29, 0.717) is 56.4 Å². The van der Waals surface area contributed by atoms with Gasteiger partial charge in [0.2, 0.25) is 11.0 Å². The molecule has 1 aromatic heterocycles. The number of carbonyl (C=O) groups excluding carboxylic acids is 2. The van der Waals surface area contributed by atoms with E-state index in [-0.39, 0.29) is 11.8 Å². The van der Waals surface area contributed by atoms with Gasteiger partial charge in [-0.1, -0.05) is 35.2 Å². The van der Waals surface area contributed by atoms with Crippen LogP contribution in [-0.2, 0) is 9.53 Å². The van der Waals surface area contributed by atoms with Crippen LogP contribution in [0.25, 0.3) is 0 Å². The summed E-state index contributed by atoms with van der Waals surface area (Å²) in [5.74, 6) is 0.791. The minimum absolute atomic E-state index is 0.0277. The SMILES string of the molecule is COCCNC(=O)CSc1nnc(N2CCN(C(=O)c3ccccc3OC)CC2)s1. The molecule has 1 aromatic carbocycles. The lowest BCUT2D eigenvalue weighted by molar-refractivity contribution is -0.118. The minimum atomic E-state index is -0.0581. The number of carbonyl (C=O) groups is 2. The van der Waals surface area contributed by atoms with Crippen LogP contribution in [0.1, 0.15) is 10.4 Å². The molecule has 3 rings (SSSR count). The highest BCUT2D eigenvalue weighted by Crippen LogP contribution is 2.29. The fraction of sp³-hybridized carbons (Fsp3) is 0.474. The number of hydrogen-bond donors (Lipinski definition) is 1. The van der Waals surface area contributed by atoms with Crippen molar-refractivity contribution in [3.05, 3.63) is 29.8 Å². The Morgan fingerprint density at radius 1 is 1.17 bits per heavy atom. The Morgan fingerprint density at radius 3 is 2.67 bits per heavy atom. The highest BCUT2D eigenvalue weighted by molar-refractivity contribution is 8.01. The second-order valence-electron chi connectivity index (χ2n) is 6.46. The van der Waals surface area contributed by atoms with E-state index in [2.05, 4.69) is 20.4 Å². The number of nitrogens with zero attached hydrogens (tertiary/aromatic N) is 4. The quantitative estimate of drug-likeness (QED) is 0.451. The van der Waals surface area contributed by atoms with E-state index >= 15 is 0 Å². The Kier molecular flexibility index (Phi) is 8.29. The number of thioether (sulfide) groups is 1. The average Bonchev–Trinajstić information content (AvgIpc) is 3.26. The Labute approximate surface area is 183 Å². The molecule has 1 N–H and O–H groups in total. The number of benzene rings is 1. The van der Waals surface area contributed by atoms with Gasteiger partial charge in [-0.15, -0.1) is 10.2 Å². The summed E-state index contributed by atoms with van der Waals surface area (Å²) >= 11 is 2.83. The van der Waals surface area contributed by atoms with Crippen molar-refractivity contribution in [3.8, 4) is 5.75 Å². The van der Waals surface area contributed by atoms with E-state index in [1.165, 1.54) is 23.1 Å². The number of para-hydroxylation sites is 1. The normalized spacial score (nSPS) is 13.9. The lowest BCUT2D eigenvalue weighted by Gasteiger charge is -2.34. The standard InChI is InChI=1S/C19H25N5O4S2/c1-27-12-7-20-16(25)13-29-19-22-21-18(30-19)24-10-8-23(9-11-24)17(26)14-5-3-4-6-15(14)28-2/h3-6H,7-13H2,1-2H3,(H,20,25). The molecule has 0 unspecified atom stereocenters. The molecule has 0 aliphatic carbocycles. The smallest absolute Gasteiger partial charge is 0.257 e. The average molecular weight is 452 g/mol. The van der Waals surface area contributed by atoms with Gasteiger partial charge in [0.1, 0.15) is 5.75 Å². The zero-order chi connectivity index (χ0) is 21.3. The topological polar surface area (TPSA) is 96.9 Å². The molecule has 9 nitrogen and oxygen atoms in total. The van der Waals surface area contributed by atoms with Crippen LogP contribution in [0, 0.1) is 0 Å². The van der Waals surface area contributed by atoms with Gasteiger partial charge in [0.25, 0.3) is 5.91 Å². The summed E-state index contributed by atoms with van der Waals surface area (Å²) in [6.45, 7) is 3.54. The summed E-state index contributed by atoms with van der Waals surface area (Å²) < 4.78 is 11.0. The molecule has 0 bridgehead atoms. The Morgan fingerprint density at radius 2 is 1.93 bits per heavy atom. The predicted octanol–water partition coefficient (Wildman–Crippen LogP) is 1.36. The molecule has 1 saturated heterocycles. The van der Waals surface area contributed by atoms with Crippen molar-refractivity contribution in [1.29, 1.82) is 0 Å². The van der Waals surface area contributed by atoms with Crippen LogP contribution in [0.15, 0.2) is 28.6 Å². The third-order valence-corrected chi connectivity index (χ3v) is 6.64. The Balaban J connectivity index is 1.48. The number of hydrogen-bond acceptors (Lipinski definition) is 9. The summed E-state index contributed by atoms with van der Waals surface area (Å²) in [6.07, 6.45) is 0. The first kappa shape index (κ1) is 22.3. The zero-order valence-corrected chi connectivity index (χ0v) is 18.6. The van der Waals surface area contributed by atoms with Crippen molar-refractivity contribution >= 4 is 40.0 Å². The van der Waals surface area contributed by atoms with Crippen molar-refractivity contribution in [1.82, 2.24) is 20.4 Å². The maximum absolute atomic E-state index is 12.8. The van der Waals surface area contributed by atoms with Crippen molar-refractivity contribution < 1.29 is 19.1 Å². The van der Waals surface area contributed by atoms with E-state index in [1.807, 2.05) is 17.0 Å². The summed E-state index contributed by atoms with van der Waals surface area (Å²) in [7, 11) is 3.16. The fourth-order valence-electron chi connectivity index (χ4n) is 2.95. The molecule has 11 heteroatoms. The van der Waals surface area contributed by atoms with E-state index < -0.39 is 0 Å². The van der Waals surface area contributed by atoms with Gasteiger partial charge in [-0.05, 0) is 12.1 Å². The van der Waals surface area contributed by atoms with Crippen LogP contribution in [0.5, 0.6) is 5.75 Å². The molecule has 162 valence electrons. The molecule has 0 radical (unpaired) electrons. The van der Waals surface area contributed by atoms with Gasteiger partial charge in [0.15, 0.2) is 4.34 Å². The van der Waals surface area contributed by atoms with Gasteiger partial charge in [0, 0.05) is 39.8 Å². The maximum Gasteiger partial charge on any atom is 0.257 e. The first-order chi connectivity index (χ1) is 14.6. The number of piperazine rings is 1. The van der Waals surface area contributed by atoms with Crippen molar-refractivity contribution in [2.24, 2.45) is 0 Å². The third kappa shape index (κ3) is 5.83. The second-order valence-corrected chi connectivity index (χ2v) is 8.64. The van der Waals surface area contributed by atoms with Gasteiger partial charge in [-0.25, -0.2) is 0 Å². The Hall–Kier alpha value is -2.37. The number of anilines is 1. The zero-order valence-electron chi connectivity index (χ0n) is 17.0. The largest absolute Gasteiger partial charge is 0.496 e. The molecule has 2 amide bonds. The summed E-state index contributed by atoms with van der Waals surface area (Å²) in [5.41, 5.74) is 0.576. The molecule has 1 fully saturated rings. The van der Waals surface area contributed by atoms with Gasteiger partial charge in [-0.3, -0.25) is 9.59 Å². The predicted molar refractivity (Wildman–Crippen MR) is 117 cm³/mol. The third-order valence-electron chi connectivity index (χ3n) is 4.53. The molecule has 0 atom stereocenters. The molecular weight excluding hydrogens is 426 g/mol. The van der Waals surface area contributed by atoms with Crippen LogP contribution in [0.3, 0.4) is 0 Å². The van der Waals surface area contributed by atoms with Gasteiger partial charge in [-0.2, -0.15) is 0 Å². The number of methoxy groups -OCH3 is 2. The van der Waals surface area contributed by atoms with Gasteiger partial charge in [0.05, 0.1) is 25.0 Å². The summed E-state index contributed by atoms with van der Waals surface area (Å²) in [4.78, 5) is 28.5. The molecule has 1 aliphatic rings. The lowest BCUT2D eigenvalue weighted by Crippen LogP contribution is -2.48. The van der Waals surface area contributed by atoms with Crippen LogP contribution in [0.2, 0.25) is 0 Å². The Bertz CT molecular complexity index is 855. The molecule has 0 spiro atoms. The lowest BCUT2D eigenvalue weighted by atomic mass is 10.1. The number of rotatable bonds is 9. The van der Waals surface area contributed by atoms with Crippen molar-refractivity contribution in [3.63, 3.8) is 0 Å². The first-order valence-corrected chi connectivity index (χ1v) is 11.3. The molecule has 1 aliphatic heterocycles. The molecule has 2 aromatic rings. The van der Waals surface area contributed by atoms with Gasteiger partial charge >= 0.3 is 0 Å². The van der Waals surface area contributed by atoms with Crippen LogP contribution in [0.4, 0.5) is 5.13 Å². The molecular formula is C19H25N5O4S2. The molecule has 30 heavy (non-hydrogen) atoms. The van der Waals surface area contributed by atoms with E-state index in [9.17, 15) is 9.59 Å². The number of nitrogens with one attached hydrogen (secondary N) is 1. The number of aromatic nitrogens is 2. The van der Waals surface area contributed by atoms with Gasteiger partial charge < -0.3 is 24.6 Å². The summed E-state index contributed by atoms with van der Waals surface area (Å²) in [5, 5.41) is 12.0. The number of ether oxygens (including phenoxy) is 2. The highest BCUT2D eigenvalue weighted by atomic mass is 32.2. The van der Waals surface area contributed by atoms with Crippen LogP contribution < -0.4 is 15.0 Å².